The summed E-state index contributed by atoms with van der Waals surface area (Å²) in [7, 11) is 0. The predicted octanol–water partition coefficient (Wildman–Crippen LogP) is 3.78. The molecule has 3 nitrogen and oxygen atoms in total. The number of pyridine rings is 1. The second kappa shape index (κ2) is 6.33. The highest BCUT2D eigenvalue weighted by molar-refractivity contribution is 7.97. The van der Waals surface area contributed by atoms with Gasteiger partial charge >= 0.3 is 0 Å². The molecule has 0 unspecified atom stereocenters. The third kappa shape index (κ3) is 3.46. The van der Waals surface area contributed by atoms with Gasteiger partial charge in [0.25, 0.3) is 5.56 Å². The molecule has 1 aromatic carbocycles. The van der Waals surface area contributed by atoms with E-state index >= 15 is 0 Å². The average Bonchev–Trinajstić information content (AvgIpc) is 2.47. The van der Waals surface area contributed by atoms with Gasteiger partial charge in [0.15, 0.2) is 0 Å². The molecule has 0 spiro atoms. The Hall–Kier alpha value is -1.78. The Morgan fingerprint density at radius 1 is 1.10 bits per heavy atom. The summed E-state index contributed by atoms with van der Waals surface area (Å²) >= 11 is 7.68. The second-order valence-corrected chi connectivity index (χ2v) is 6.06. The first-order valence-electron chi connectivity index (χ1n) is 6.52. The van der Waals surface area contributed by atoms with Gasteiger partial charge in [0.05, 0.1) is 5.69 Å². The van der Waals surface area contributed by atoms with Crippen LogP contribution in [0.4, 0.5) is 0 Å². The van der Waals surface area contributed by atoms with Crippen LogP contribution in [0.2, 0.25) is 5.02 Å². The van der Waals surface area contributed by atoms with Crippen LogP contribution in [0.1, 0.15) is 11.3 Å². The lowest BCUT2D eigenvalue weighted by Gasteiger charge is -2.04. The smallest absolute Gasteiger partial charge is 0.258 e. The van der Waals surface area contributed by atoms with Crippen LogP contribution < -0.4 is 5.56 Å². The van der Waals surface area contributed by atoms with Crippen molar-refractivity contribution in [2.24, 2.45) is 0 Å². The van der Waals surface area contributed by atoms with E-state index in [0.29, 0.717) is 11.4 Å². The largest absolute Gasteiger partial charge is 0.269 e. The van der Waals surface area contributed by atoms with Crippen molar-refractivity contribution in [2.45, 2.75) is 11.5 Å². The van der Waals surface area contributed by atoms with E-state index in [-0.39, 0.29) is 5.56 Å². The highest BCUT2D eigenvalue weighted by atomic mass is 35.5. The van der Waals surface area contributed by atoms with Crippen molar-refractivity contribution in [1.29, 1.82) is 0 Å². The minimum absolute atomic E-state index is 0.0426. The van der Waals surface area contributed by atoms with E-state index in [9.17, 15) is 4.79 Å². The molecule has 0 saturated carbocycles. The molecule has 21 heavy (non-hydrogen) atoms. The topological polar surface area (TPSA) is 34.4 Å². The second-order valence-electron chi connectivity index (χ2n) is 4.64. The van der Waals surface area contributed by atoms with Crippen molar-refractivity contribution < 1.29 is 0 Å². The van der Waals surface area contributed by atoms with Gasteiger partial charge in [0.2, 0.25) is 0 Å². The predicted molar refractivity (Wildman–Crippen MR) is 87.9 cm³/mol. The Labute approximate surface area is 131 Å². The van der Waals surface area contributed by atoms with Crippen molar-refractivity contribution in [2.75, 3.05) is 0 Å². The van der Waals surface area contributed by atoms with Gasteiger partial charge in [-0.15, -0.1) is 0 Å². The summed E-state index contributed by atoms with van der Waals surface area (Å²) in [5.74, 6) is 1.55. The Bertz CT molecular complexity index is 832. The molecule has 2 aromatic heterocycles. The molecule has 0 fully saturated rings. The fourth-order valence-electron chi connectivity index (χ4n) is 2.08. The number of halogens is 1. The van der Waals surface area contributed by atoms with E-state index in [1.165, 1.54) is 5.56 Å². The fraction of sp³-hybridized carbons (Fsp3) is 0.125. The number of fused-ring (bicyclic) bond motifs is 1. The highest BCUT2D eigenvalue weighted by Gasteiger charge is 2.02. The van der Waals surface area contributed by atoms with E-state index in [1.807, 2.05) is 42.5 Å². The molecule has 106 valence electrons. The third-order valence-electron chi connectivity index (χ3n) is 3.03. The number of hydrogen-bond donors (Lipinski definition) is 0. The molecule has 0 aliphatic rings. The summed E-state index contributed by atoms with van der Waals surface area (Å²) in [6.45, 7) is 0. The standard InChI is InChI=1S/C16H13ClN2OS/c17-13-5-3-4-12(8-13)10-21-11-14-9-16(20)19-7-2-1-6-15(19)18-14/h1-9H,10-11H2. The lowest BCUT2D eigenvalue weighted by atomic mass is 10.2. The summed E-state index contributed by atoms with van der Waals surface area (Å²) in [5, 5.41) is 0.746. The van der Waals surface area contributed by atoms with Crippen molar-refractivity contribution in [3.8, 4) is 0 Å². The first kappa shape index (κ1) is 14.2. The molecular formula is C16H13ClN2OS. The number of hydrogen-bond acceptors (Lipinski definition) is 3. The minimum Gasteiger partial charge on any atom is -0.269 e. The normalized spacial score (nSPS) is 10.9. The van der Waals surface area contributed by atoms with Gasteiger partial charge < -0.3 is 0 Å². The van der Waals surface area contributed by atoms with Crippen LogP contribution in [0.25, 0.3) is 5.65 Å². The maximum Gasteiger partial charge on any atom is 0.258 e. The van der Waals surface area contributed by atoms with Crippen molar-refractivity contribution >= 4 is 29.0 Å². The highest BCUT2D eigenvalue weighted by Crippen LogP contribution is 2.19. The molecule has 0 amide bonds. The SMILES string of the molecule is O=c1cc(CSCc2cccc(Cl)c2)nc2ccccn12. The van der Waals surface area contributed by atoms with E-state index in [0.717, 1.165) is 16.5 Å². The lowest BCUT2D eigenvalue weighted by Crippen LogP contribution is -2.14. The summed E-state index contributed by atoms with van der Waals surface area (Å²) in [4.78, 5) is 16.5. The van der Waals surface area contributed by atoms with Gasteiger partial charge in [-0.25, -0.2) is 4.98 Å². The molecular weight excluding hydrogens is 304 g/mol. The molecule has 3 rings (SSSR count). The van der Waals surface area contributed by atoms with Crippen molar-refractivity contribution in [3.05, 3.63) is 81.4 Å². The van der Waals surface area contributed by atoms with Crippen LogP contribution >= 0.6 is 23.4 Å². The first-order chi connectivity index (χ1) is 10.2. The summed E-state index contributed by atoms with van der Waals surface area (Å²) in [6.07, 6.45) is 1.73. The van der Waals surface area contributed by atoms with Crippen molar-refractivity contribution in [3.63, 3.8) is 0 Å². The van der Waals surface area contributed by atoms with E-state index < -0.39 is 0 Å². The average molecular weight is 317 g/mol. The molecule has 5 heteroatoms. The fourth-order valence-corrected chi connectivity index (χ4v) is 3.16. The molecule has 0 aliphatic heterocycles. The summed E-state index contributed by atoms with van der Waals surface area (Å²) < 4.78 is 1.55. The molecule has 2 heterocycles. The van der Waals surface area contributed by atoms with E-state index in [2.05, 4.69) is 4.98 Å². The maximum absolute atomic E-state index is 12.0. The Morgan fingerprint density at radius 3 is 2.86 bits per heavy atom. The molecule has 0 bridgehead atoms. The number of benzene rings is 1. The quantitative estimate of drug-likeness (QED) is 0.734. The molecule has 3 aromatic rings. The Kier molecular flexibility index (Phi) is 4.27. The number of aromatic nitrogens is 2. The van der Waals surface area contributed by atoms with Gasteiger partial charge in [-0.1, -0.05) is 29.8 Å². The number of thioether (sulfide) groups is 1. The molecule has 0 aliphatic carbocycles. The zero-order valence-electron chi connectivity index (χ0n) is 11.2. The van der Waals surface area contributed by atoms with Crippen LogP contribution in [-0.2, 0) is 11.5 Å². The monoisotopic (exact) mass is 316 g/mol. The molecule has 0 atom stereocenters. The van der Waals surface area contributed by atoms with E-state index in [1.54, 1.807) is 28.4 Å². The summed E-state index contributed by atoms with van der Waals surface area (Å²) in [6, 6.07) is 14.9. The minimum atomic E-state index is -0.0426. The first-order valence-corrected chi connectivity index (χ1v) is 8.05. The van der Waals surface area contributed by atoms with Gasteiger partial charge in [0.1, 0.15) is 5.65 Å². The zero-order chi connectivity index (χ0) is 14.7. The Balaban J connectivity index is 1.72. The molecule has 0 radical (unpaired) electrons. The van der Waals surface area contributed by atoms with Gasteiger partial charge in [-0.2, -0.15) is 11.8 Å². The lowest BCUT2D eigenvalue weighted by molar-refractivity contribution is 1.01. The Morgan fingerprint density at radius 2 is 2.00 bits per heavy atom. The van der Waals surface area contributed by atoms with Crippen LogP contribution in [0.3, 0.4) is 0 Å². The van der Waals surface area contributed by atoms with Crippen LogP contribution in [-0.4, -0.2) is 9.38 Å². The van der Waals surface area contributed by atoms with Crippen LogP contribution in [0.5, 0.6) is 0 Å². The third-order valence-corrected chi connectivity index (χ3v) is 4.30. The van der Waals surface area contributed by atoms with Gasteiger partial charge in [0, 0.05) is 28.8 Å². The number of rotatable bonds is 4. The molecule has 0 N–H and O–H groups in total. The molecule has 0 saturated heterocycles. The van der Waals surface area contributed by atoms with Gasteiger partial charge in [-0.3, -0.25) is 9.20 Å². The maximum atomic E-state index is 12.0. The van der Waals surface area contributed by atoms with Crippen LogP contribution in [0.15, 0.2) is 59.5 Å². The van der Waals surface area contributed by atoms with Crippen LogP contribution in [0, 0.1) is 0 Å². The van der Waals surface area contributed by atoms with Crippen molar-refractivity contribution in [1.82, 2.24) is 9.38 Å². The van der Waals surface area contributed by atoms with Gasteiger partial charge in [-0.05, 0) is 29.8 Å². The summed E-state index contributed by atoms with van der Waals surface area (Å²) in [5.41, 5.74) is 2.62. The zero-order valence-corrected chi connectivity index (χ0v) is 12.8. The number of nitrogens with zero attached hydrogens (tertiary/aromatic N) is 2. The van der Waals surface area contributed by atoms with E-state index in [4.69, 9.17) is 11.6 Å².